The van der Waals surface area contributed by atoms with Crippen LogP contribution in [-0.2, 0) is 38.4 Å². The van der Waals surface area contributed by atoms with Crippen LogP contribution >= 0.6 is 0 Å². The molecule has 2 atom stereocenters. The average molecular weight is 653 g/mol. The molecule has 2 heterocycles. The number of rotatable bonds is 15. The Kier molecular flexibility index (Phi) is 18.3. The highest BCUT2D eigenvalue weighted by molar-refractivity contribution is 6.14. The smallest absolute Gasteiger partial charge is 0.326 e. The fraction of sp³-hybridized carbons (Fsp3) is 0.462. The van der Waals surface area contributed by atoms with Gasteiger partial charge in [-0.25, -0.2) is 9.59 Å². The van der Waals surface area contributed by atoms with E-state index in [0.717, 1.165) is 29.2 Å². The molecule has 0 aromatic rings. The maximum atomic E-state index is 11.7. The van der Waals surface area contributed by atoms with Crippen LogP contribution in [0.5, 0.6) is 0 Å². The lowest BCUT2D eigenvalue weighted by molar-refractivity contribution is -0.144. The summed E-state index contributed by atoms with van der Waals surface area (Å²) in [4.78, 5) is 99.0. The van der Waals surface area contributed by atoms with Crippen LogP contribution in [0.15, 0.2) is 34.3 Å². The monoisotopic (exact) mass is 652 g/mol. The molecule has 0 aromatic heterocycles. The number of nitrogens with two attached hydrogens (primary N) is 4. The zero-order valence-corrected chi connectivity index (χ0v) is 25.4. The fourth-order valence-corrected chi connectivity index (χ4v) is 3.41. The van der Waals surface area contributed by atoms with Gasteiger partial charge in [0, 0.05) is 50.9 Å². The average Bonchev–Trinajstić information content (AvgIpc) is 3.47. The summed E-state index contributed by atoms with van der Waals surface area (Å²) in [5.74, 6) is -5.66. The quantitative estimate of drug-likeness (QED) is 0.0363. The van der Waals surface area contributed by atoms with E-state index >= 15 is 0 Å². The molecule has 46 heavy (non-hydrogen) atoms. The topological polar surface area (TPSA) is 336 Å². The van der Waals surface area contributed by atoms with Crippen molar-refractivity contribution in [3.8, 4) is 0 Å². The number of aliphatic imine (C=N–C) groups is 2. The van der Waals surface area contributed by atoms with Crippen LogP contribution < -0.4 is 33.6 Å². The molecule has 20 nitrogen and oxygen atoms in total. The number of aliphatic carboxylic acids is 2. The van der Waals surface area contributed by atoms with E-state index in [9.17, 15) is 38.4 Å². The zero-order chi connectivity index (χ0) is 35.4. The highest BCUT2D eigenvalue weighted by Gasteiger charge is 2.28. The molecule has 0 radical (unpaired) electrons. The third kappa shape index (κ3) is 16.1. The molecule has 0 saturated heterocycles. The molecule has 0 saturated carbocycles. The summed E-state index contributed by atoms with van der Waals surface area (Å²) in [6.07, 6.45) is 5.67. The van der Waals surface area contributed by atoms with Crippen molar-refractivity contribution in [2.24, 2.45) is 32.9 Å². The van der Waals surface area contributed by atoms with Crippen molar-refractivity contribution in [3.05, 3.63) is 24.3 Å². The van der Waals surface area contributed by atoms with Crippen LogP contribution in [0, 0.1) is 0 Å². The van der Waals surface area contributed by atoms with E-state index in [1.54, 1.807) is 0 Å². The summed E-state index contributed by atoms with van der Waals surface area (Å²) in [6.45, 7) is 1.47. The van der Waals surface area contributed by atoms with Crippen molar-refractivity contribution in [2.45, 2.75) is 51.1 Å². The molecule has 2 rings (SSSR count). The van der Waals surface area contributed by atoms with Crippen molar-refractivity contribution >= 4 is 59.3 Å². The van der Waals surface area contributed by atoms with Crippen molar-refractivity contribution in [3.63, 3.8) is 0 Å². The van der Waals surface area contributed by atoms with E-state index in [2.05, 4.69) is 20.6 Å². The summed E-state index contributed by atoms with van der Waals surface area (Å²) in [5.41, 5.74) is 19.9. The standard InChI is InChI=1S/C12H17N5O5.C12H16N2O5.C2H7N3/c13-12(14)15-5-1-2-7(11(21)22)16-8(18)6-17-9(19)3-4-10(17)20;1-2-3-8(12(18)19)13-9(15)6-7-14-10(16)4-5-11(14)17;1-5-2(3)4/h3-4,7H,1-2,5-6H2,(H,16,18)(H,21,22)(H4,13,14,15);4-5,8H,2-3,6-7H2,1H3,(H,13,15)(H,18,19);1H3,(H4,3,4,5). The number of carbonyl (C=O) groups excluding carboxylic acids is 6. The minimum atomic E-state index is -1.23. The van der Waals surface area contributed by atoms with Gasteiger partial charge in [-0.2, -0.15) is 0 Å². The molecule has 0 aromatic carbocycles. The van der Waals surface area contributed by atoms with Gasteiger partial charge in [-0.3, -0.25) is 48.6 Å². The van der Waals surface area contributed by atoms with Gasteiger partial charge in [0.25, 0.3) is 23.6 Å². The van der Waals surface area contributed by atoms with Gasteiger partial charge >= 0.3 is 11.9 Å². The predicted molar refractivity (Wildman–Crippen MR) is 162 cm³/mol. The SMILES string of the molecule is CCCC(NC(=O)CCN1C(=O)C=CC1=O)C(=O)O.CN=C(N)N.NC(N)=NCCCC(NC(=O)CN1C(=O)C=CC1=O)C(=O)O. The number of carboxylic acid groups (broad SMARTS) is 2. The summed E-state index contributed by atoms with van der Waals surface area (Å²) in [5, 5.41) is 22.5. The first-order chi connectivity index (χ1) is 21.5. The molecule has 12 N–H and O–H groups in total. The van der Waals surface area contributed by atoms with Gasteiger partial charge in [-0.1, -0.05) is 13.3 Å². The van der Waals surface area contributed by atoms with Crippen LogP contribution in [0.25, 0.3) is 0 Å². The van der Waals surface area contributed by atoms with Gasteiger partial charge in [-0.05, 0) is 19.3 Å². The van der Waals surface area contributed by atoms with E-state index in [1.165, 1.54) is 7.05 Å². The Morgan fingerprint density at radius 3 is 1.61 bits per heavy atom. The molecule has 0 bridgehead atoms. The van der Waals surface area contributed by atoms with Gasteiger partial charge in [0.15, 0.2) is 11.9 Å². The first kappa shape index (κ1) is 40.2. The Hall–Kier alpha value is -5.82. The number of imide groups is 2. The van der Waals surface area contributed by atoms with Crippen molar-refractivity contribution in [1.82, 2.24) is 20.4 Å². The minimum Gasteiger partial charge on any atom is -0.480 e. The highest BCUT2D eigenvalue weighted by atomic mass is 16.4. The number of guanidine groups is 2. The molecular weight excluding hydrogens is 612 g/mol. The molecule has 0 fully saturated rings. The number of nitrogens with zero attached hydrogens (tertiary/aromatic N) is 4. The minimum absolute atomic E-state index is 0.0467. The van der Waals surface area contributed by atoms with Crippen molar-refractivity contribution in [1.29, 1.82) is 0 Å². The Morgan fingerprint density at radius 2 is 1.20 bits per heavy atom. The molecular formula is C26H40N10O10. The Morgan fingerprint density at radius 1 is 0.761 bits per heavy atom. The van der Waals surface area contributed by atoms with E-state index in [0.29, 0.717) is 24.2 Å². The largest absolute Gasteiger partial charge is 0.480 e. The molecule has 0 aliphatic carbocycles. The van der Waals surface area contributed by atoms with Crippen molar-refractivity contribution in [2.75, 3.05) is 26.7 Å². The Balaban J connectivity index is 0.000000773. The lowest BCUT2D eigenvalue weighted by Crippen LogP contribution is -2.47. The summed E-state index contributed by atoms with van der Waals surface area (Å²) in [6, 6.07) is -2.08. The number of hydrogen-bond acceptors (Lipinski definition) is 10. The molecule has 6 amide bonds. The van der Waals surface area contributed by atoms with Crippen LogP contribution in [0.3, 0.4) is 0 Å². The van der Waals surface area contributed by atoms with Gasteiger partial charge in [0.05, 0.1) is 0 Å². The number of amides is 6. The lowest BCUT2D eigenvalue weighted by atomic mass is 10.1. The van der Waals surface area contributed by atoms with Gasteiger partial charge < -0.3 is 43.8 Å². The van der Waals surface area contributed by atoms with Crippen molar-refractivity contribution < 1.29 is 48.6 Å². The van der Waals surface area contributed by atoms with E-state index < -0.39 is 66.0 Å². The Labute approximate surface area is 263 Å². The maximum Gasteiger partial charge on any atom is 0.326 e. The van der Waals surface area contributed by atoms with Gasteiger partial charge in [0.2, 0.25) is 11.8 Å². The Bertz CT molecular complexity index is 1230. The number of nitrogens with one attached hydrogen (secondary N) is 2. The highest BCUT2D eigenvalue weighted by Crippen LogP contribution is 2.06. The number of carbonyl (C=O) groups is 8. The maximum absolute atomic E-state index is 11.7. The molecule has 2 unspecified atom stereocenters. The lowest BCUT2D eigenvalue weighted by Gasteiger charge is -2.17. The summed E-state index contributed by atoms with van der Waals surface area (Å²) >= 11 is 0. The third-order valence-corrected chi connectivity index (χ3v) is 5.71. The first-order valence-electron chi connectivity index (χ1n) is 13.7. The van der Waals surface area contributed by atoms with Gasteiger partial charge in [-0.15, -0.1) is 0 Å². The summed E-state index contributed by atoms with van der Waals surface area (Å²) in [7, 11) is 1.54. The van der Waals surface area contributed by atoms with E-state index in [-0.39, 0.29) is 37.9 Å². The van der Waals surface area contributed by atoms with E-state index in [1.807, 2.05) is 6.92 Å². The van der Waals surface area contributed by atoms with Crippen LogP contribution in [-0.4, -0.2) is 118 Å². The number of carboxylic acids is 2. The van der Waals surface area contributed by atoms with E-state index in [4.69, 9.17) is 33.1 Å². The normalized spacial score (nSPS) is 14.3. The zero-order valence-electron chi connectivity index (χ0n) is 25.4. The molecule has 2 aliphatic rings. The first-order valence-corrected chi connectivity index (χ1v) is 13.7. The fourth-order valence-electron chi connectivity index (χ4n) is 3.41. The molecule has 0 spiro atoms. The third-order valence-electron chi connectivity index (χ3n) is 5.71. The van der Waals surface area contributed by atoms with Crippen LogP contribution in [0.2, 0.25) is 0 Å². The van der Waals surface area contributed by atoms with Gasteiger partial charge in [0.1, 0.15) is 18.6 Å². The molecule has 254 valence electrons. The molecule has 2 aliphatic heterocycles. The second-order valence-corrected chi connectivity index (χ2v) is 9.31. The molecule has 20 heteroatoms. The number of hydrogen-bond donors (Lipinski definition) is 8. The predicted octanol–water partition coefficient (Wildman–Crippen LogP) is -3.91. The van der Waals surface area contributed by atoms with Crippen LogP contribution in [0.1, 0.15) is 39.0 Å². The van der Waals surface area contributed by atoms with Crippen LogP contribution in [0.4, 0.5) is 0 Å². The summed E-state index contributed by atoms with van der Waals surface area (Å²) < 4.78 is 0. The second-order valence-electron chi connectivity index (χ2n) is 9.31. The second kappa shape index (κ2) is 21.0.